The van der Waals surface area contributed by atoms with Crippen molar-refractivity contribution in [1.82, 2.24) is 9.88 Å². The normalized spacial score (nSPS) is 20.8. The second kappa shape index (κ2) is 7.35. The van der Waals surface area contributed by atoms with E-state index in [-0.39, 0.29) is 18.8 Å². The number of methoxy groups -OCH3 is 1. The molecule has 1 aromatic rings. The molecule has 0 aliphatic carbocycles. The molecule has 0 N–H and O–H groups in total. The van der Waals surface area contributed by atoms with Crippen molar-refractivity contribution in [3.63, 3.8) is 0 Å². The van der Waals surface area contributed by atoms with E-state index >= 15 is 0 Å². The van der Waals surface area contributed by atoms with Crippen LogP contribution in [0.1, 0.15) is 20.3 Å². The molecule has 1 fully saturated rings. The summed E-state index contributed by atoms with van der Waals surface area (Å²) in [5, 5.41) is 0. The minimum atomic E-state index is -0.705. The zero-order valence-corrected chi connectivity index (χ0v) is 13.1. The Morgan fingerprint density at radius 2 is 2.27 bits per heavy atom. The van der Waals surface area contributed by atoms with Crippen LogP contribution in [0.15, 0.2) is 35.9 Å². The lowest BCUT2D eigenvalue weighted by Crippen LogP contribution is -2.39. The first-order valence-corrected chi connectivity index (χ1v) is 7.22. The minimum Gasteiger partial charge on any atom is -0.490 e. The van der Waals surface area contributed by atoms with Gasteiger partial charge in [0.1, 0.15) is 12.4 Å². The average Bonchev–Trinajstić information content (AvgIpc) is 2.95. The lowest BCUT2D eigenvalue weighted by Gasteiger charge is -2.24. The molecule has 0 unspecified atom stereocenters. The zero-order valence-electron chi connectivity index (χ0n) is 13.1. The highest BCUT2D eigenvalue weighted by atomic mass is 19.1. The van der Waals surface area contributed by atoms with Crippen LogP contribution in [0, 0.1) is 0 Å². The van der Waals surface area contributed by atoms with Gasteiger partial charge < -0.3 is 14.4 Å². The quantitative estimate of drug-likeness (QED) is 0.784. The SMILES string of the molecule is CO[C@@H]1C[C@@H](COc2cccnc2)N(C(=O)C(F)=C(C)C)C1. The summed E-state index contributed by atoms with van der Waals surface area (Å²) in [6.07, 6.45) is 3.78. The summed E-state index contributed by atoms with van der Waals surface area (Å²) < 4.78 is 24.9. The van der Waals surface area contributed by atoms with E-state index in [2.05, 4.69) is 4.98 Å². The third-order valence-electron chi connectivity index (χ3n) is 3.67. The van der Waals surface area contributed by atoms with Crippen molar-refractivity contribution in [1.29, 1.82) is 0 Å². The molecule has 1 saturated heterocycles. The maximum Gasteiger partial charge on any atom is 0.282 e. The number of ether oxygens (including phenoxy) is 2. The van der Waals surface area contributed by atoms with E-state index in [9.17, 15) is 9.18 Å². The van der Waals surface area contributed by atoms with E-state index in [1.165, 1.54) is 4.90 Å². The van der Waals surface area contributed by atoms with Gasteiger partial charge in [0, 0.05) is 19.9 Å². The number of halogens is 1. The topological polar surface area (TPSA) is 51.7 Å². The first kappa shape index (κ1) is 16.4. The van der Waals surface area contributed by atoms with Gasteiger partial charge in [0.05, 0.1) is 18.3 Å². The molecule has 0 saturated carbocycles. The average molecular weight is 308 g/mol. The molecule has 120 valence electrons. The van der Waals surface area contributed by atoms with Crippen molar-refractivity contribution in [2.45, 2.75) is 32.4 Å². The van der Waals surface area contributed by atoms with Crippen molar-refractivity contribution >= 4 is 5.91 Å². The second-order valence-corrected chi connectivity index (χ2v) is 5.52. The van der Waals surface area contributed by atoms with E-state index in [0.29, 0.717) is 24.3 Å². The molecule has 2 rings (SSSR count). The number of hydrogen-bond donors (Lipinski definition) is 0. The molecule has 1 aliphatic rings. The van der Waals surface area contributed by atoms with Crippen LogP contribution in [0.2, 0.25) is 0 Å². The minimum absolute atomic E-state index is 0.101. The van der Waals surface area contributed by atoms with Gasteiger partial charge in [0.2, 0.25) is 0 Å². The van der Waals surface area contributed by atoms with Gasteiger partial charge in [-0.15, -0.1) is 0 Å². The fourth-order valence-corrected chi connectivity index (χ4v) is 2.42. The first-order chi connectivity index (χ1) is 10.5. The molecule has 2 atom stereocenters. The molecular weight excluding hydrogens is 287 g/mol. The molecule has 1 aliphatic heterocycles. The maximum absolute atomic E-state index is 13.9. The zero-order chi connectivity index (χ0) is 16.1. The number of carbonyl (C=O) groups excluding carboxylic acids is 1. The summed E-state index contributed by atoms with van der Waals surface area (Å²) in [6, 6.07) is 3.34. The van der Waals surface area contributed by atoms with Crippen molar-refractivity contribution in [2.24, 2.45) is 0 Å². The molecule has 0 spiro atoms. The number of aromatic nitrogens is 1. The molecule has 0 aromatic carbocycles. The summed E-state index contributed by atoms with van der Waals surface area (Å²) in [7, 11) is 1.59. The van der Waals surface area contributed by atoms with E-state index < -0.39 is 11.7 Å². The van der Waals surface area contributed by atoms with E-state index in [4.69, 9.17) is 9.47 Å². The smallest absolute Gasteiger partial charge is 0.282 e. The number of nitrogens with zero attached hydrogens (tertiary/aromatic N) is 2. The number of likely N-dealkylation sites (tertiary alicyclic amines) is 1. The predicted octanol–water partition coefficient (Wildman–Crippen LogP) is 2.34. The summed E-state index contributed by atoms with van der Waals surface area (Å²) in [4.78, 5) is 17.7. The van der Waals surface area contributed by atoms with E-state index in [1.54, 1.807) is 45.5 Å². The van der Waals surface area contributed by atoms with E-state index in [1.807, 2.05) is 0 Å². The number of amides is 1. The van der Waals surface area contributed by atoms with Gasteiger partial charge in [0.15, 0.2) is 5.83 Å². The molecule has 2 heterocycles. The lowest BCUT2D eigenvalue weighted by atomic mass is 10.2. The van der Waals surface area contributed by atoms with Crippen LogP contribution >= 0.6 is 0 Å². The van der Waals surface area contributed by atoms with Crippen LogP contribution < -0.4 is 4.74 Å². The Bertz CT molecular complexity index is 544. The Balaban J connectivity index is 2.06. The van der Waals surface area contributed by atoms with Crippen LogP contribution in [-0.4, -0.2) is 48.2 Å². The summed E-state index contributed by atoms with van der Waals surface area (Å²) in [6.45, 7) is 3.82. The lowest BCUT2D eigenvalue weighted by molar-refractivity contribution is -0.130. The molecular formula is C16H21FN2O3. The Morgan fingerprint density at radius 3 is 2.86 bits per heavy atom. The Morgan fingerprint density at radius 1 is 1.50 bits per heavy atom. The molecule has 1 amide bonds. The predicted molar refractivity (Wildman–Crippen MR) is 80.1 cm³/mol. The number of rotatable bonds is 5. The van der Waals surface area contributed by atoms with Gasteiger partial charge in [-0.2, -0.15) is 0 Å². The first-order valence-electron chi connectivity index (χ1n) is 7.22. The van der Waals surface area contributed by atoms with Crippen LogP contribution in [0.25, 0.3) is 0 Å². The standard InChI is InChI=1S/C16H21FN2O3/c1-11(2)15(17)16(20)19-9-14(21-3)7-12(19)10-22-13-5-4-6-18-8-13/h4-6,8,12,14H,7,9-10H2,1-3H3/t12-,14+/m0/s1. The maximum atomic E-state index is 13.9. The van der Waals surface area contributed by atoms with Crippen LogP contribution in [-0.2, 0) is 9.53 Å². The third kappa shape index (κ3) is 3.82. The number of pyridine rings is 1. The second-order valence-electron chi connectivity index (χ2n) is 5.52. The summed E-state index contributed by atoms with van der Waals surface area (Å²) >= 11 is 0. The molecule has 22 heavy (non-hydrogen) atoms. The van der Waals surface area contributed by atoms with Gasteiger partial charge in [0.25, 0.3) is 5.91 Å². The van der Waals surface area contributed by atoms with Gasteiger partial charge in [-0.25, -0.2) is 4.39 Å². The van der Waals surface area contributed by atoms with Gasteiger partial charge in [-0.05, 0) is 38.0 Å². The highest BCUT2D eigenvalue weighted by Gasteiger charge is 2.37. The monoisotopic (exact) mass is 308 g/mol. The molecule has 0 radical (unpaired) electrons. The molecule has 5 nitrogen and oxygen atoms in total. The van der Waals surface area contributed by atoms with Gasteiger partial charge >= 0.3 is 0 Å². The van der Waals surface area contributed by atoms with Gasteiger partial charge in [-0.1, -0.05) is 0 Å². The number of hydrogen-bond acceptors (Lipinski definition) is 4. The van der Waals surface area contributed by atoms with Crippen LogP contribution in [0.3, 0.4) is 0 Å². The Kier molecular flexibility index (Phi) is 5.49. The fraction of sp³-hybridized carbons (Fsp3) is 0.500. The number of allylic oxidation sites excluding steroid dienone is 1. The third-order valence-corrected chi connectivity index (χ3v) is 3.67. The van der Waals surface area contributed by atoms with E-state index in [0.717, 1.165) is 0 Å². The number of carbonyl (C=O) groups is 1. The highest BCUT2D eigenvalue weighted by molar-refractivity contribution is 5.92. The largest absolute Gasteiger partial charge is 0.490 e. The Hall–Kier alpha value is -1.95. The fourth-order valence-electron chi connectivity index (χ4n) is 2.42. The molecule has 1 aromatic heterocycles. The van der Waals surface area contributed by atoms with Crippen molar-refractivity contribution in [2.75, 3.05) is 20.3 Å². The van der Waals surface area contributed by atoms with Crippen LogP contribution in [0.5, 0.6) is 5.75 Å². The Labute approximate surface area is 129 Å². The highest BCUT2D eigenvalue weighted by Crippen LogP contribution is 2.24. The summed E-state index contributed by atoms with van der Waals surface area (Å²) in [5.41, 5.74) is 0.373. The molecule has 6 heteroatoms. The molecule has 0 bridgehead atoms. The van der Waals surface area contributed by atoms with Crippen molar-refractivity contribution in [3.05, 3.63) is 35.9 Å². The summed E-state index contributed by atoms with van der Waals surface area (Å²) in [5.74, 6) is -0.680. The van der Waals surface area contributed by atoms with Crippen molar-refractivity contribution < 1.29 is 18.7 Å². The van der Waals surface area contributed by atoms with Crippen molar-refractivity contribution in [3.8, 4) is 5.75 Å². The van der Waals surface area contributed by atoms with Crippen LogP contribution in [0.4, 0.5) is 4.39 Å². The van der Waals surface area contributed by atoms with Gasteiger partial charge in [-0.3, -0.25) is 9.78 Å².